The summed E-state index contributed by atoms with van der Waals surface area (Å²) in [5, 5.41) is 9.24. The van der Waals surface area contributed by atoms with Crippen LogP contribution in [0.5, 0.6) is 11.5 Å². The molecule has 2 aliphatic heterocycles. The largest absolute Gasteiger partial charge is 0.486 e. The molecular formula is C16H21NO4. The van der Waals surface area contributed by atoms with Crippen molar-refractivity contribution in [2.24, 2.45) is 5.92 Å². The SMILES string of the molecule is O=C(Cc1ccc2c(c1)OCCO2)N1CCCC(CO)C1. The molecule has 2 aliphatic rings. The van der Waals surface area contributed by atoms with E-state index in [4.69, 9.17) is 9.47 Å². The Labute approximate surface area is 124 Å². The summed E-state index contributed by atoms with van der Waals surface area (Å²) in [5.74, 6) is 1.81. The van der Waals surface area contributed by atoms with E-state index in [0.29, 0.717) is 26.2 Å². The van der Waals surface area contributed by atoms with Gasteiger partial charge >= 0.3 is 0 Å². The van der Waals surface area contributed by atoms with E-state index < -0.39 is 0 Å². The maximum Gasteiger partial charge on any atom is 0.227 e. The first kappa shape index (κ1) is 14.2. The molecule has 0 aromatic heterocycles. The fourth-order valence-electron chi connectivity index (χ4n) is 2.92. The number of fused-ring (bicyclic) bond motifs is 1. The second kappa shape index (κ2) is 6.35. The first-order chi connectivity index (χ1) is 10.3. The zero-order valence-electron chi connectivity index (χ0n) is 12.1. The van der Waals surface area contributed by atoms with E-state index >= 15 is 0 Å². The second-order valence-corrected chi connectivity index (χ2v) is 5.69. The van der Waals surface area contributed by atoms with Crippen LogP contribution in [-0.4, -0.2) is 48.8 Å². The summed E-state index contributed by atoms with van der Waals surface area (Å²) in [6.07, 6.45) is 2.34. The molecule has 21 heavy (non-hydrogen) atoms. The lowest BCUT2D eigenvalue weighted by molar-refractivity contribution is -0.132. The molecule has 1 aromatic carbocycles. The molecule has 0 bridgehead atoms. The molecule has 1 N–H and O–H groups in total. The van der Waals surface area contributed by atoms with Crippen LogP contribution in [-0.2, 0) is 11.2 Å². The third-order valence-electron chi connectivity index (χ3n) is 4.09. The molecule has 5 nitrogen and oxygen atoms in total. The number of benzene rings is 1. The zero-order chi connectivity index (χ0) is 14.7. The molecular weight excluding hydrogens is 270 g/mol. The van der Waals surface area contributed by atoms with Crippen molar-refractivity contribution in [1.29, 1.82) is 0 Å². The quantitative estimate of drug-likeness (QED) is 0.910. The van der Waals surface area contributed by atoms with E-state index in [1.54, 1.807) is 0 Å². The van der Waals surface area contributed by atoms with Crippen molar-refractivity contribution in [2.75, 3.05) is 32.9 Å². The molecule has 2 heterocycles. The standard InChI is InChI=1S/C16H21NO4/c18-11-13-2-1-5-17(10-13)16(19)9-12-3-4-14-15(8-12)21-7-6-20-14/h3-4,8,13,18H,1-2,5-7,9-11H2. The van der Waals surface area contributed by atoms with Gasteiger partial charge in [-0.15, -0.1) is 0 Å². The van der Waals surface area contributed by atoms with Gasteiger partial charge in [0, 0.05) is 19.7 Å². The third kappa shape index (κ3) is 3.29. The highest BCUT2D eigenvalue weighted by atomic mass is 16.6. The van der Waals surface area contributed by atoms with Gasteiger partial charge in [0.2, 0.25) is 5.91 Å². The molecule has 1 fully saturated rings. The van der Waals surface area contributed by atoms with Gasteiger partial charge < -0.3 is 19.5 Å². The summed E-state index contributed by atoms with van der Waals surface area (Å²) >= 11 is 0. The number of amides is 1. The summed E-state index contributed by atoms with van der Waals surface area (Å²) in [5.41, 5.74) is 0.940. The van der Waals surface area contributed by atoms with E-state index in [9.17, 15) is 9.90 Å². The van der Waals surface area contributed by atoms with E-state index in [2.05, 4.69) is 0 Å². The van der Waals surface area contributed by atoms with Crippen molar-refractivity contribution in [3.05, 3.63) is 23.8 Å². The van der Waals surface area contributed by atoms with Crippen LogP contribution in [0, 0.1) is 5.92 Å². The number of aliphatic hydroxyl groups is 1. The zero-order valence-corrected chi connectivity index (χ0v) is 12.1. The van der Waals surface area contributed by atoms with Crippen LogP contribution in [0.4, 0.5) is 0 Å². The van der Waals surface area contributed by atoms with Gasteiger partial charge in [-0.1, -0.05) is 6.07 Å². The van der Waals surface area contributed by atoms with Gasteiger partial charge in [-0.05, 0) is 36.5 Å². The average molecular weight is 291 g/mol. The Kier molecular flexibility index (Phi) is 4.29. The van der Waals surface area contributed by atoms with Crippen molar-refractivity contribution < 1.29 is 19.4 Å². The number of hydrogen-bond donors (Lipinski definition) is 1. The normalized spacial score (nSPS) is 21.2. The molecule has 114 valence electrons. The molecule has 1 atom stereocenters. The van der Waals surface area contributed by atoms with E-state index in [0.717, 1.165) is 36.4 Å². The van der Waals surface area contributed by atoms with Crippen molar-refractivity contribution in [3.63, 3.8) is 0 Å². The summed E-state index contributed by atoms with van der Waals surface area (Å²) in [6, 6.07) is 5.67. The van der Waals surface area contributed by atoms with E-state index in [-0.39, 0.29) is 18.4 Å². The van der Waals surface area contributed by atoms with Crippen LogP contribution in [0.2, 0.25) is 0 Å². The number of piperidine rings is 1. The highest BCUT2D eigenvalue weighted by molar-refractivity contribution is 5.79. The fourth-order valence-corrected chi connectivity index (χ4v) is 2.92. The first-order valence-corrected chi connectivity index (χ1v) is 7.53. The molecule has 5 heteroatoms. The lowest BCUT2D eigenvalue weighted by Crippen LogP contribution is -2.41. The summed E-state index contributed by atoms with van der Waals surface area (Å²) in [6.45, 7) is 2.74. The van der Waals surface area contributed by atoms with Crippen LogP contribution in [0.1, 0.15) is 18.4 Å². The van der Waals surface area contributed by atoms with Crippen LogP contribution >= 0.6 is 0 Å². The van der Waals surface area contributed by atoms with Gasteiger partial charge in [0.1, 0.15) is 13.2 Å². The number of hydrogen-bond acceptors (Lipinski definition) is 4. The van der Waals surface area contributed by atoms with Gasteiger partial charge in [-0.25, -0.2) is 0 Å². The first-order valence-electron chi connectivity index (χ1n) is 7.53. The lowest BCUT2D eigenvalue weighted by Gasteiger charge is -2.32. The van der Waals surface area contributed by atoms with Crippen molar-refractivity contribution in [2.45, 2.75) is 19.3 Å². The Morgan fingerprint density at radius 3 is 2.90 bits per heavy atom. The number of aliphatic hydroxyl groups excluding tert-OH is 1. The monoisotopic (exact) mass is 291 g/mol. The molecule has 3 rings (SSSR count). The topological polar surface area (TPSA) is 59.0 Å². The lowest BCUT2D eigenvalue weighted by atomic mass is 9.98. The molecule has 0 spiro atoms. The van der Waals surface area contributed by atoms with Gasteiger partial charge in [0.25, 0.3) is 0 Å². The van der Waals surface area contributed by atoms with Crippen molar-refractivity contribution in [3.8, 4) is 11.5 Å². The number of likely N-dealkylation sites (tertiary alicyclic amines) is 1. The Bertz CT molecular complexity index is 517. The van der Waals surface area contributed by atoms with Crippen LogP contribution < -0.4 is 9.47 Å². The summed E-state index contributed by atoms with van der Waals surface area (Å²) in [4.78, 5) is 14.2. The molecule has 0 radical (unpaired) electrons. The summed E-state index contributed by atoms with van der Waals surface area (Å²) < 4.78 is 11.0. The Hall–Kier alpha value is -1.75. The summed E-state index contributed by atoms with van der Waals surface area (Å²) in [7, 11) is 0. The smallest absolute Gasteiger partial charge is 0.227 e. The number of carbonyl (C=O) groups excluding carboxylic acids is 1. The number of rotatable bonds is 3. The minimum absolute atomic E-state index is 0.116. The van der Waals surface area contributed by atoms with Gasteiger partial charge in [-0.2, -0.15) is 0 Å². The predicted molar refractivity (Wildman–Crippen MR) is 77.5 cm³/mol. The Morgan fingerprint density at radius 1 is 1.29 bits per heavy atom. The van der Waals surface area contributed by atoms with Crippen molar-refractivity contribution >= 4 is 5.91 Å². The Balaban J connectivity index is 1.64. The average Bonchev–Trinajstić information content (AvgIpc) is 2.54. The minimum atomic E-state index is 0.116. The fraction of sp³-hybridized carbons (Fsp3) is 0.562. The molecule has 1 aromatic rings. The van der Waals surface area contributed by atoms with Gasteiger partial charge in [0.05, 0.1) is 6.42 Å². The maximum atomic E-state index is 12.4. The number of carbonyl (C=O) groups is 1. The van der Waals surface area contributed by atoms with Crippen molar-refractivity contribution in [1.82, 2.24) is 4.90 Å². The highest BCUT2D eigenvalue weighted by Crippen LogP contribution is 2.31. The van der Waals surface area contributed by atoms with Gasteiger partial charge in [0.15, 0.2) is 11.5 Å². The highest BCUT2D eigenvalue weighted by Gasteiger charge is 2.23. The van der Waals surface area contributed by atoms with E-state index in [1.165, 1.54) is 0 Å². The van der Waals surface area contributed by atoms with E-state index in [1.807, 2.05) is 23.1 Å². The maximum absolute atomic E-state index is 12.4. The van der Waals surface area contributed by atoms with Gasteiger partial charge in [-0.3, -0.25) is 4.79 Å². The molecule has 1 saturated heterocycles. The predicted octanol–water partition coefficient (Wildman–Crippen LogP) is 1.23. The number of ether oxygens (including phenoxy) is 2. The van der Waals surface area contributed by atoms with Crippen LogP contribution in [0.3, 0.4) is 0 Å². The third-order valence-corrected chi connectivity index (χ3v) is 4.09. The molecule has 0 saturated carbocycles. The number of nitrogens with zero attached hydrogens (tertiary/aromatic N) is 1. The van der Waals surface area contributed by atoms with Crippen LogP contribution in [0.25, 0.3) is 0 Å². The second-order valence-electron chi connectivity index (χ2n) is 5.69. The van der Waals surface area contributed by atoms with Crippen LogP contribution in [0.15, 0.2) is 18.2 Å². The molecule has 1 unspecified atom stereocenters. The molecule has 1 amide bonds. The Morgan fingerprint density at radius 2 is 2.10 bits per heavy atom. The molecule has 0 aliphatic carbocycles. The minimum Gasteiger partial charge on any atom is -0.486 e.